The lowest BCUT2D eigenvalue weighted by Crippen LogP contribution is -2.03. The highest BCUT2D eigenvalue weighted by molar-refractivity contribution is 5.84. The fourth-order valence-electron chi connectivity index (χ4n) is 2.87. The summed E-state index contributed by atoms with van der Waals surface area (Å²) in [4.78, 5) is 4.47. The lowest BCUT2D eigenvalue weighted by molar-refractivity contribution is 1.26. The van der Waals surface area contributed by atoms with E-state index in [9.17, 15) is 5.26 Å². The summed E-state index contributed by atoms with van der Waals surface area (Å²) >= 11 is 0. The van der Waals surface area contributed by atoms with Gasteiger partial charge in [-0.3, -0.25) is 0 Å². The maximum Gasteiger partial charge on any atom is 0.142 e. The molecule has 2 N–H and O–H groups in total. The van der Waals surface area contributed by atoms with Crippen molar-refractivity contribution in [2.24, 2.45) is 0 Å². The maximum absolute atomic E-state index is 9.56. The minimum atomic E-state index is 0.211. The van der Waals surface area contributed by atoms with E-state index in [4.69, 9.17) is 11.0 Å². The number of hydrogen-bond donors (Lipinski definition) is 1. The molecule has 0 unspecified atom stereocenters. The highest BCUT2D eigenvalue weighted by Gasteiger charge is 2.18. The Balaban J connectivity index is 2.28. The Bertz CT molecular complexity index is 1020. The van der Waals surface area contributed by atoms with E-state index in [-0.39, 0.29) is 5.82 Å². The summed E-state index contributed by atoms with van der Waals surface area (Å²) in [6.45, 7) is 3.97. The molecule has 0 aliphatic rings. The molecule has 0 amide bonds. The van der Waals surface area contributed by atoms with Gasteiger partial charge < -0.3 is 5.73 Å². The van der Waals surface area contributed by atoms with Crippen molar-refractivity contribution in [3.05, 3.63) is 70.8 Å². The normalized spacial score (nSPS) is 10.1. The molecule has 0 radical (unpaired) electrons. The highest BCUT2D eigenvalue weighted by atomic mass is 14.9. The summed E-state index contributed by atoms with van der Waals surface area (Å²) in [6.07, 6.45) is 0. The number of nitrogens with two attached hydrogens (primary N) is 1. The number of aromatic nitrogens is 1. The summed E-state index contributed by atoms with van der Waals surface area (Å²) in [5.41, 5.74) is 12.4. The van der Waals surface area contributed by atoms with Crippen molar-refractivity contribution in [2.75, 3.05) is 5.73 Å². The second-order valence-corrected chi connectivity index (χ2v) is 5.89. The number of aryl methyl sites for hydroxylation is 1. The summed E-state index contributed by atoms with van der Waals surface area (Å²) < 4.78 is 0. The zero-order valence-corrected chi connectivity index (χ0v) is 14.0. The summed E-state index contributed by atoms with van der Waals surface area (Å²) in [5, 5.41) is 18.5. The van der Waals surface area contributed by atoms with Crippen LogP contribution in [0.25, 0.3) is 22.4 Å². The van der Waals surface area contributed by atoms with Gasteiger partial charge in [-0.2, -0.15) is 10.5 Å². The van der Waals surface area contributed by atoms with E-state index in [0.29, 0.717) is 11.1 Å². The van der Waals surface area contributed by atoms with Gasteiger partial charge in [0.2, 0.25) is 0 Å². The van der Waals surface area contributed by atoms with Gasteiger partial charge in [0.15, 0.2) is 0 Å². The van der Waals surface area contributed by atoms with Crippen molar-refractivity contribution in [2.45, 2.75) is 13.8 Å². The Hall–Kier alpha value is -3.63. The van der Waals surface area contributed by atoms with Gasteiger partial charge in [0.1, 0.15) is 17.5 Å². The van der Waals surface area contributed by atoms with E-state index in [2.05, 4.69) is 17.1 Å². The second-order valence-electron chi connectivity index (χ2n) is 5.89. The number of rotatable bonds is 2. The van der Waals surface area contributed by atoms with Crippen LogP contribution in [0.3, 0.4) is 0 Å². The average molecular weight is 324 g/mol. The maximum atomic E-state index is 9.56. The fourth-order valence-corrected chi connectivity index (χ4v) is 2.87. The number of nitrogens with zero attached hydrogens (tertiary/aromatic N) is 3. The third kappa shape index (κ3) is 2.94. The molecule has 3 aromatic rings. The van der Waals surface area contributed by atoms with E-state index in [0.717, 1.165) is 33.5 Å². The Morgan fingerprint density at radius 2 is 1.44 bits per heavy atom. The van der Waals surface area contributed by atoms with Crippen LogP contribution in [0.15, 0.2) is 48.5 Å². The average Bonchev–Trinajstić information content (AvgIpc) is 2.64. The van der Waals surface area contributed by atoms with Crippen molar-refractivity contribution >= 4 is 5.82 Å². The molecule has 0 fully saturated rings. The molecule has 0 saturated carbocycles. The molecule has 0 aliphatic carbocycles. The van der Waals surface area contributed by atoms with E-state index in [1.54, 1.807) is 12.1 Å². The second kappa shape index (κ2) is 6.47. The van der Waals surface area contributed by atoms with E-state index >= 15 is 0 Å². The van der Waals surface area contributed by atoms with Gasteiger partial charge >= 0.3 is 0 Å². The first-order chi connectivity index (χ1) is 12.0. The van der Waals surface area contributed by atoms with Crippen LogP contribution in [-0.4, -0.2) is 4.98 Å². The number of pyridine rings is 1. The minimum absolute atomic E-state index is 0.211. The first kappa shape index (κ1) is 16.2. The summed E-state index contributed by atoms with van der Waals surface area (Å²) in [5.74, 6) is 0.211. The molecule has 0 atom stereocenters. The first-order valence-electron chi connectivity index (χ1n) is 7.83. The molecule has 3 rings (SSSR count). The van der Waals surface area contributed by atoms with Crippen LogP contribution in [0, 0.1) is 36.5 Å². The van der Waals surface area contributed by atoms with Gasteiger partial charge in [-0.1, -0.05) is 42.0 Å². The topological polar surface area (TPSA) is 86.5 Å². The fraction of sp³-hybridized carbons (Fsp3) is 0.0952. The predicted octanol–water partition coefficient (Wildman–Crippen LogP) is 4.36. The lowest BCUT2D eigenvalue weighted by Gasteiger charge is -2.15. The van der Waals surface area contributed by atoms with Crippen molar-refractivity contribution in [3.8, 4) is 34.5 Å². The molecule has 0 saturated heterocycles. The van der Waals surface area contributed by atoms with Crippen LogP contribution >= 0.6 is 0 Å². The molecule has 25 heavy (non-hydrogen) atoms. The minimum Gasteiger partial charge on any atom is -0.383 e. The van der Waals surface area contributed by atoms with Crippen LogP contribution < -0.4 is 5.73 Å². The molecule has 1 aromatic heterocycles. The van der Waals surface area contributed by atoms with Gasteiger partial charge in [-0.15, -0.1) is 0 Å². The van der Waals surface area contributed by atoms with E-state index in [1.165, 1.54) is 0 Å². The van der Waals surface area contributed by atoms with Crippen molar-refractivity contribution < 1.29 is 0 Å². The van der Waals surface area contributed by atoms with Crippen LogP contribution in [0.2, 0.25) is 0 Å². The zero-order chi connectivity index (χ0) is 18.0. The quantitative estimate of drug-likeness (QED) is 0.759. The first-order valence-corrected chi connectivity index (χ1v) is 7.83. The van der Waals surface area contributed by atoms with Crippen LogP contribution in [-0.2, 0) is 0 Å². The summed E-state index contributed by atoms with van der Waals surface area (Å²) in [7, 11) is 0. The zero-order valence-electron chi connectivity index (χ0n) is 14.0. The predicted molar refractivity (Wildman–Crippen MR) is 98.4 cm³/mol. The largest absolute Gasteiger partial charge is 0.383 e. The Kier molecular flexibility index (Phi) is 4.20. The van der Waals surface area contributed by atoms with E-state index < -0.39 is 0 Å². The lowest BCUT2D eigenvalue weighted by atomic mass is 9.92. The third-order valence-electron chi connectivity index (χ3n) is 4.21. The van der Waals surface area contributed by atoms with E-state index in [1.807, 2.05) is 50.2 Å². The molecule has 4 nitrogen and oxygen atoms in total. The Labute approximate surface area is 146 Å². The van der Waals surface area contributed by atoms with Crippen molar-refractivity contribution in [3.63, 3.8) is 0 Å². The number of hydrogen-bond acceptors (Lipinski definition) is 4. The van der Waals surface area contributed by atoms with Gasteiger partial charge in [0.25, 0.3) is 0 Å². The molecular weight excluding hydrogens is 308 g/mol. The van der Waals surface area contributed by atoms with Crippen LogP contribution in [0.4, 0.5) is 5.82 Å². The third-order valence-corrected chi connectivity index (χ3v) is 4.21. The molecule has 120 valence electrons. The molecule has 4 heteroatoms. The van der Waals surface area contributed by atoms with Gasteiger partial charge in [0.05, 0.1) is 17.3 Å². The van der Waals surface area contributed by atoms with Crippen molar-refractivity contribution in [1.29, 1.82) is 10.5 Å². The van der Waals surface area contributed by atoms with Crippen molar-refractivity contribution in [1.82, 2.24) is 4.98 Å². The number of benzene rings is 2. The Morgan fingerprint density at radius 3 is 2.00 bits per heavy atom. The summed E-state index contributed by atoms with van der Waals surface area (Å²) in [6, 6.07) is 19.4. The standard InChI is InChI=1S/C21H16N4/c1-13-3-7-17(8-4-13)20-14(2)19(18(12-23)21(24)25-20)16-9-5-15(11-22)6-10-16/h3-10H,1-2H3,(H2,24,25). The molecule has 2 aromatic carbocycles. The van der Waals surface area contributed by atoms with Gasteiger partial charge in [-0.05, 0) is 37.1 Å². The Morgan fingerprint density at radius 1 is 0.840 bits per heavy atom. The highest BCUT2D eigenvalue weighted by Crippen LogP contribution is 2.35. The molecule has 0 bridgehead atoms. The molecule has 1 heterocycles. The van der Waals surface area contributed by atoms with Gasteiger partial charge in [-0.25, -0.2) is 4.98 Å². The van der Waals surface area contributed by atoms with Gasteiger partial charge in [0, 0.05) is 11.1 Å². The number of nitriles is 2. The smallest absolute Gasteiger partial charge is 0.142 e. The van der Waals surface area contributed by atoms with Crippen LogP contribution in [0.5, 0.6) is 0 Å². The SMILES string of the molecule is Cc1ccc(-c2nc(N)c(C#N)c(-c3ccc(C#N)cc3)c2C)cc1. The van der Waals surface area contributed by atoms with Crippen LogP contribution in [0.1, 0.15) is 22.3 Å². The molecular formula is C21H16N4. The molecule has 0 spiro atoms. The monoisotopic (exact) mass is 324 g/mol. The number of anilines is 1. The number of nitrogen functional groups attached to an aromatic ring is 1. The molecule has 0 aliphatic heterocycles.